The van der Waals surface area contributed by atoms with E-state index >= 15 is 0 Å². The van der Waals surface area contributed by atoms with Crippen LogP contribution in [0.15, 0.2) is 30.5 Å². The molecule has 8 nitrogen and oxygen atoms in total. The zero-order valence-electron chi connectivity index (χ0n) is 20.2. The molecule has 1 spiro atoms. The fraction of sp³-hybridized carbons (Fsp3) is 0.500. The van der Waals surface area contributed by atoms with E-state index in [1.165, 1.54) is 0 Å². The molecule has 0 bridgehead atoms. The molecule has 1 aromatic carbocycles. The predicted molar refractivity (Wildman–Crippen MR) is 127 cm³/mol. The molecule has 2 aliphatic carbocycles. The van der Waals surface area contributed by atoms with Gasteiger partial charge in [-0.15, -0.1) is 0 Å². The lowest BCUT2D eigenvalue weighted by Gasteiger charge is -2.68. The number of imidazole rings is 1. The predicted octanol–water partition coefficient (Wildman–Crippen LogP) is 4.17. The highest BCUT2D eigenvalue weighted by Gasteiger charge is 2.78. The third-order valence-corrected chi connectivity index (χ3v) is 8.88. The minimum Gasteiger partial charge on any atom is -0.491 e. The lowest BCUT2D eigenvalue weighted by molar-refractivity contribution is -0.261. The first-order valence-corrected chi connectivity index (χ1v) is 12.5. The molecule has 37 heavy (non-hydrogen) atoms. The first-order valence-electron chi connectivity index (χ1n) is 12.5. The summed E-state index contributed by atoms with van der Waals surface area (Å²) in [4.78, 5) is 28.9. The van der Waals surface area contributed by atoms with Gasteiger partial charge in [0.1, 0.15) is 18.2 Å². The Morgan fingerprint density at radius 3 is 2.84 bits per heavy atom. The van der Waals surface area contributed by atoms with Crippen molar-refractivity contribution in [3.8, 4) is 16.9 Å². The van der Waals surface area contributed by atoms with E-state index in [4.69, 9.17) is 4.74 Å². The van der Waals surface area contributed by atoms with Crippen LogP contribution in [-0.4, -0.2) is 72.9 Å². The SMILES string of the molecule is Cc1nc2ncc(-c3ccc4c(c3)CN(C(=O)N3C5CCC56CC(O)(C(F)(F)F)CC36)CCO4)cc2[nH]1. The number of amides is 2. The van der Waals surface area contributed by atoms with Gasteiger partial charge in [-0.05, 0) is 49.9 Å². The maximum Gasteiger partial charge on any atom is 0.417 e. The highest BCUT2D eigenvalue weighted by Crippen LogP contribution is 2.69. The Morgan fingerprint density at radius 2 is 2.08 bits per heavy atom. The molecular formula is C26H26F3N5O3. The second-order valence-electron chi connectivity index (χ2n) is 10.9. The number of carbonyl (C=O) groups is 1. The Hall–Kier alpha value is -3.34. The number of rotatable bonds is 1. The van der Waals surface area contributed by atoms with Gasteiger partial charge in [0.25, 0.3) is 0 Å². The molecule has 4 unspecified atom stereocenters. The van der Waals surface area contributed by atoms with E-state index in [2.05, 4.69) is 15.0 Å². The fourth-order valence-corrected chi connectivity index (χ4v) is 6.98. The first-order chi connectivity index (χ1) is 17.6. The van der Waals surface area contributed by atoms with Gasteiger partial charge in [-0.25, -0.2) is 14.8 Å². The summed E-state index contributed by atoms with van der Waals surface area (Å²) in [6, 6.07) is 6.65. The molecule has 3 fully saturated rings. The number of aromatic nitrogens is 3. The molecule has 11 heteroatoms. The summed E-state index contributed by atoms with van der Waals surface area (Å²) in [5.74, 6) is 1.46. The third-order valence-electron chi connectivity index (χ3n) is 8.88. The van der Waals surface area contributed by atoms with E-state index in [0.29, 0.717) is 37.4 Å². The highest BCUT2D eigenvalue weighted by molar-refractivity contribution is 5.80. The summed E-state index contributed by atoms with van der Waals surface area (Å²) in [7, 11) is 0. The van der Waals surface area contributed by atoms with Crippen molar-refractivity contribution < 1.29 is 27.8 Å². The van der Waals surface area contributed by atoms with Crippen LogP contribution >= 0.6 is 0 Å². The number of H-pyrrole nitrogens is 1. The summed E-state index contributed by atoms with van der Waals surface area (Å²) in [5.41, 5.74) is 0.757. The Morgan fingerprint density at radius 1 is 1.24 bits per heavy atom. The van der Waals surface area contributed by atoms with Gasteiger partial charge >= 0.3 is 12.2 Å². The number of aliphatic hydroxyl groups is 1. The number of hydrogen-bond acceptors (Lipinski definition) is 5. The topological polar surface area (TPSA) is 94.6 Å². The number of piperidine rings is 1. The van der Waals surface area contributed by atoms with Gasteiger partial charge in [-0.2, -0.15) is 13.2 Å². The van der Waals surface area contributed by atoms with Crippen molar-refractivity contribution in [2.75, 3.05) is 13.2 Å². The normalized spacial score (nSPS) is 30.5. The monoisotopic (exact) mass is 513 g/mol. The molecule has 2 amide bonds. The number of aryl methyl sites for hydroxylation is 1. The van der Waals surface area contributed by atoms with Gasteiger partial charge < -0.3 is 24.6 Å². The minimum absolute atomic E-state index is 0.244. The van der Waals surface area contributed by atoms with Crippen LogP contribution in [0.2, 0.25) is 0 Å². The number of nitrogens with one attached hydrogen (secondary N) is 1. The number of hydrogen-bond donors (Lipinski definition) is 2. The molecular weight excluding hydrogens is 487 g/mol. The van der Waals surface area contributed by atoms with E-state index in [9.17, 15) is 23.1 Å². The number of fused-ring (bicyclic) bond motifs is 2. The van der Waals surface area contributed by atoms with Gasteiger partial charge in [-0.3, -0.25) is 0 Å². The molecule has 2 aromatic heterocycles. The number of pyridine rings is 1. The third kappa shape index (κ3) is 3.15. The number of halogens is 3. The van der Waals surface area contributed by atoms with Gasteiger partial charge in [0.15, 0.2) is 11.2 Å². The number of aromatic amines is 1. The van der Waals surface area contributed by atoms with Crippen molar-refractivity contribution in [3.05, 3.63) is 41.9 Å². The van der Waals surface area contributed by atoms with Crippen LogP contribution in [0.1, 0.15) is 37.1 Å². The van der Waals surface area contributed by atoms with Crippen molar-refractivity contribution in [2.24, 2.45) is 5.41 Å². The molecule has 2 aliphatic heterocycles. The number of alkyl halides is 3. The van der Waals surface area contributed by atoms with E-state index < -0.39 is 29.7 Å². The molecule has 2 saturated carbocycles. The molecule has 1 saturated heterocycles. The molecule has 2 N–H and O–H groups in total. The number of likely N-dealkylation sites (tertiary alicyclic amines) is 1. The number of urea groups is 1. The summed E-state index contributed by atoms with van der Waals surface area (Å²) in [6.45, 7) is 2.77. The van der Waals surface area contributed by atoms with E-state index in [-0.39, 0.29) is 25.0 Å². The Bertz CT molecular complexity index is 1440. The fourth-order valence-electron chi connectivity index (χ4n) is 6.98. The molecule has 4 atom stereocenters. The summed E-state index contributed by atoms with van der Waals surface area (Å²) < 4.78 is 46.8. The molecule has 4 heterocycles. The maximum atomic E-state index is 13.6. The average Bonchev–Trinajstić information content (AvgIpc) is 3.28. The van der Waals surface area contributed by atoms with Crippen LogP contribution in [-0.2, 0) is 6.54 Å². The quantitative estimate of drug-likeness (QED) is 0.510. The van der Waals surface area contributed by atoms with Crippen LogP contribution in [0.25, 0.3) is 22.3 Å². The van der Waals surface area contributed by atoms with E-state index in [0.717, 1.165) is 28.0 Å². The Kier molecular flexibility index (Phi) is 4.55. The standard InChI is InChI=1S/C26H26F3N5O3/c1-14-31-18-9-16(11-30-22(18)32-14)15-2-3-19-17(8-15)12-33(6-7-37-19)23(35)34-20-4-5-24(20)13-25(36,10-21(24)34)26(27,28)29/h2-3,8-9,11,20-21,36H,4-7,10,12-13H2,1H3,(H,30,31,32). The smallest absolute Gasteiger partial charge is 0.417 e. The minimum atomic E-state index is -4.70. The number of nitrogens with zero attached hydrogens (tertiary/aromatic N) is 4. The molecule has 7 rings (SSSR count). The van der Waals surface area contributed by atoms with Crippen LogP contribution in [0.5, 0.6) is 5.75 Å². The van der Waals surface area contributed by atoms with Crippen molar-refractivity contribution in [1.29, 1.82) is 0 Å². The van der Waals surface area contributed by atoms with E-state index in [1.807, 2.05) is 31.2 Å². The van der Waals surface area contributed by atoms with Crippen LogP contribution in [0.4, 0.5) is 18.0 Å². The van der Waals surface area contributed by atoms with Gasteiger partial charge in [0, 0.05) is 41.2 Å². The van der Waals surface area contributed by atoms with Crippen LogP contribution < -0.4 is 4.74 Å². The molecule has 194 valence electrons. The number of ether oxygens (including phenoxy) is 1. The summed E-state index contributed by atoms with van der Waals surface area (Å²) in [6.07, 6.45) is -2.42. The van der Waals surface area contributed by atoms with Crippen molar-refractivity contribution >= 4 is 17.2 Å². The van der Waals surface area contributed by atoms with Crippen molar-refractivity contribution in [3.63, 3.8) is 0 Å². The average molecular weight is 514 g/mol. The van der Waals surface area contributed by atoms with Crippen LogP contribution in [0, 0.1) is 12.3 Å². The lowest BCUT2D eigenvalue weighted by Crippen LogP contribution is -2.77. The van der Waals surface area contributed by atoms with Gasteiger partial charge in [0.05, 0.1) is 18.6 Å². The zero-order valence-corrected chi connectivity index (χ0v) is 20.2. The van der Waals surface area contributed by atoms with Crippen molar-refractivity contribution in [2.45, 2.75) is 63.0 Å². The first kappa shape index (κ1) is 22.8. The molecule has 0 radical (unpaired) electrons. The van der Waals surface area contributed by atoms with Crippen LogP contribution in [0.3, 0.4) is 0 Å². The number of benzene rings is 1. The van der Waals surface area contributed by atoms with E-state index in [1.54, 1.807) is 16.0 Å². The summed E-state index contributed by atoms with van der Waals surface area (Å²) in [5, 5.41) is 10.4. The maximum absolute atomic E-state index is 13.6. The molecule has 3 aromatic rings. The number of carbonyl (C=O) groups excluding carboxylic acids is 1. The summed E-state index contributed by atoms with van der Waals surface area (Å²) >= 11 is 0. The zero-order chi connectivity index (χ0) is 25.7. The highest BCUT2D eigenvalue weighted by atomic mass is 19.4. The lowest BCUT2D eigenvalue weighted by atomic mass is 9.53. The second kappa shape index (κ2) is 7.37. The molecule has 4 aliphatic rings. The Labute approximate surface area is 210 Å². The van der Waals surface area contributed by atoms with Gasteiger partial charge in [-0.1, -0.05) is 6.07 Å². The second-order valence-corrected chi connectivity index (χ2v) is 10.9. The largest absolute Gasteiger partial charge is 0.491 e. The van der Waals surface area contributed by atoms with Crippen molar-refractivity contribution in [1.82, 2.24) is 24.8 Å². The Balaban J connectivity index is 1.15. The van der Waals surface area contributed by atoms with Gasteiger partial charge in [0.2, 0.25) is 0 Å².